The fraction of sp³-hybridized carbons (Fsp3) is 0.194. The number of ether oxygens (including phenoxy) is 2. The lowest BCUT2D eigenvalue weighted by Gasteiger charge is -2.33. The van der Waals surface area contributed by atoms with Gasteiger partial charge in [0.1, 0.15) is 5.75 Å². The minimum absolute atomic E-state index is 0.195. The van der Waals surface area contributed by atoms with Gasteiger partial charge in [0, 0.05) is 17.7 Å². The summed E-state index contributed by atoms with van der Waals surface area (Å²) in [4.78, 5) is 15.3. The van der Waals surface area contributed by atoms with Crippen molar-refractivity contribution in [3.8, 4) is 5.75 Å². The summed E-state index contributed by atoms with van der Waals surface area (Å²) in [5, 5.41) is 0. The Kier molecular flexibility index (Phi) is 8.01. The van der Waals surface area contributed by atoms with E-state index in [9.17, 15) is 13.2 Å². The highest BCUT2D eigenvalue weighted by Crippen LogP contribution is 2.50. The molecule has 2 atom stereocenters. The van der Waals surface area contributed by atoms with Crippen molar-refractivity contribution in [2.45, 2.75) is 37.1 Å². The first-order valence-corrected chi connectivity index (χ1v) is 16.0. The molecule has 1 amide bonds. The molecule has 1 heterocycles. The third-order valence-electron chi connectivity index (χ3n) is 8.11. The standard InChI is InChI=1S/C36H34N2O5S/c1-4-43-36(39)38-34-20-17-29(42-3)22-32(34)33-23-31(26-11-7-5-8-12-26)27(21-35(33)38)24-37(28-13-9-6-10-14-28)44(40,41)30-18-15-25(2)16-19-30/h5-20,22-24,31,35H,4,21H2,1-3H3/t31-,35+/m1/s1. The molecule has 224 valence electrons. The van der Waals surface area contributed by atoms with Crippen molar-refractivity contribution in [2.24, 2.45) is 0 Å². The molecule has 0 bridgehead atoms. The van der Waals surface area contributed by atoms with Crippen molar-refractivity contribution in [3.05, 3.63) is 138 Å². The molecule has 1 aliphatic heterocycles. The van der Waals surface area contributed by atoms with Gasteiger partial charge in [-0.2, -0.15) is 0 Å². The summed E-state index contributed by atoms with van der Waals surface area (Å²) in [6.07, 6.45) is 3.84. The molecule has 4 aromatic carbocycles. The summed E-state index contributed by atoms with van der Waals surface area (Å²) in [5.41, 5.74) is 5.96. The van der Waals surface area contributed by atoms with Gasteiger partial charge in [-0.15, -0.1) is 0 Å². The molecule has 0 saturated heterocycles. The SMILES string of the molecule is CCOC(=O)N1c2ccc(OC)cc2C2=C[C@H](c3ccccc3)C(=CN(c3ccccc3)S(=O)(=O)c3ccc(C)cc3)C[C@@H]21. The molecule has 44 heavy (non-hydrogen) atoms. The lowest BCUT2D eigenvalue weighted by molar-refractivity contribution is 0.158. The van der Waals surface area contributed by atoms with E-state index in [1.165, 1.54) is 4.31 Å². The number of aryl methyl sites for hydroxylation is 1. The predicted molar refractivity (Wildman–Crippen MR) is 173 cm³/mol. The van der Waals surface area contributed by atoms with Crippen LogP contribution in [0.5, 0.6) is 5.75 Å². The van der Waals surface area contributed by atoms with Gasteiger partial charge in [-0.25, -0.2) is 17.5 Å². The van der Waals surface area contributed by atoms with Crippen LogP contribution in [-0.4, -0.2) is 34.3 Å². The van der Waals surface area contributed by atoms with Crippen LogP contribution < -0.4 is 13.9 Å². The van der Waals surface area contributed by atoms with Crippen LogP contribution in [-0.2, 0) is 14.8 Å². The van der Waals surface area contributed by atoms with Crippen LogP contribution in [0.15, 0.2) is 126 Å². The number of sulfonamides is 1. The van der Waals surface area contributed by atoms with Crippen LogP contribution in [0.2, 0.25) is 0 Å². The van der Waals surface area contributed by atoms with E-state index in [1.807, 2.05) is 73.7 Å². The molecule has 0 unspecified atom stereocenters. The van der Waals surface area contributed by atoms with Gasteiger partial charge in [0.2, 0.25) is 0 Å². The molecule has 0 fully saturated rings. The summed E-state index contributed by atoms with van der Waals surface area (Å²) < 4.78 is 40.9. The van der Waals surface area contributed by atoms with Gasteiger partial charge in [0.15, 0.2) is 0 Å². The normalized spacial score (nSPS) is 18.3. The molecule has 0 radical (unpaired) electrons. The van der Waals surface area contributed by atoms with Gasteiger partial charge in [0.05, 0.1) is 36.0 Å². The molecule has 0 N–H and O–H groups in total. The maximum absolute atomic E-state index is 14.3. The number of hydrogen-bond donors (Lipinski definition) is 0. The van der Waals surface area contributed by atoms with E-state index in [2.05, 4.69) is 6.08 Å². The Morgan fingerprint density at radius 1 is 0.955 bits per heavy atom. The second kappa shape index (κ2) is 12.1. The fourth-order valence-electron chi connectivity index (χ4n) is 5.96. The highest BCUT2D eigenvalue weighted by molar-refractivity contribution is 7.93. The molecule has 2 aliphatic rings. The molecular formula is C36H34N2O5S. The summed E-state index contributed by atoms with van der Waals surface area (Å²) in [7, 11) is -2.37. The topological polar surface area (TPSA) is 76.2 Å². The first-order valence-electron chi connectivity index (χ1n) is 14.6. The lowest BCUT2D eigenvalue weighted by atomic mass is 9.78. The molecule has 8 heteroatoms. The Morgan fingerprint density at radius 3 is 2.30 bits per heavy atom. The molecular weight excluding hydrogens is 572 g/mol. The Bertz CT molecular complexity index is 1830. The van der Waals surface area contributed by atoms with Crippen LogP contribution in [0.4, 0.5) is 16.2 Å². The molecule has 0 spiro atoms. The summed E-state index contributed by atoms with van der Waals surface area (Å²) in [6.45, 7) is 3.94. The first-order chi connectivity index (χ1) is 21.3. The molecule has 0 aromatic heterocycles. The van der Waals surface area contributed by atoms with Gasteiger partial charge >= 0.3 is 6.09 Å². The number of para-hydroxylation sites is 1. The number of allylic oxidation sites excluding steroid dienone is 1. The Labute approximate surface area is 258 Å². The van der Waals surface area contributed by atoms with Crippen LogP contribution in [0, 0.1) is 6.92 Å². The Morgan fingerprint density at radius 2 is 1.64 bits per heavy atom. The number of carbonyl (C=O) groups is 1. The molecule has 7 nitrogen and oxygen atoms in total. The summed E-state index contributed by atoms with van der Waals surface area (Å²) in [5.74, 6) is 0.439. The van der Waals surface area contributed by atoms with Gasteiger partial charge in [-0.05, 0) is 79.4 Å². The number of fused-ring (bicyclic) bond motifs is 3. The van der Waals surface area contributed by atoms with E-state index in [1.54, 1.807) is 61.5 Å². The molecule has 4 aromatic rings. The lowest BCUT2D eigenvalue weighted by Crippen LogP contribution is -2.40. The predicted octanol–water partition coefficient (Wildman–Crippen LogP) is 7.70. The van der Waals surface area contributed by atoms with Crippen molar-refractivity contribution in [1.82, 2.24) is 0 Å². The Balaban J connectivity index is 1.55. The monoisotopic (exact) mass is 606 g/mol. The van der Waals surface area contributed by atoms with E-state index in [0.29, 0.717) is 17.9 Å². The number of methoxy groups -OCH3 is 1. The van der Waals surface area contributed by atoms with Gasteiger partial charge in [0.25, 0.3) is 10.0 Å². The first kappa shape index (κ1) is 29.3. The average molecular weight is 607 g/mol. The van der Waals surface area contributed by atoms with Crippen LogP contribution in [0.25, 0.3) is 5.57 Å². The zero-order valence-electron chi connectivity index (χ0n) is 24.9. The van der Waals surface area contributed by atoms with Crippen molar-refractivity contribution in [1.29, 1.82) is 0 Å². The van der Waals surface area contributed by atoms with Crippen molar-refractivity contribution in [2.75, 3.05) is 22.9 Å². The molecule has 1 aliphatic carbocycles. The van der Waals surface area contributed by atoms with E-state index in [-0.39, 0.29) is 23.5 Å². The number of benzene rings is 4. The zero-order valence-corrected chi connectivity index (χ0v) is 25.7. The van der Waals surface area contributed by atoms with E-state index < -0.39 is 16.1 Å². The fourth-order valence-corrected chi connectivity index (χ4v) is 7.34. The molecule has 6 rings (SSSR count). The number of anilines is 2. The third-order valence-corrected chi connectivity index (χ3v) is 9.82. The number of hydrogen-bond acceptors (Lipinski definition) is 5. The van der Waals surface area contributed by atoms with Gasteiger partial charge < -0.3 is 9.47 Å². The van der Waals surface area contributed by atoms with Gasteiger partial charge in [-0.3, -0.25) is 4.90 Å². The van der Waals surface area contributed by atoms with E-state index in [4.69, 9.17) is 9.47 Å². The highest BCUT2D eigenvalue weighted by Gasteiger charge is 2.43. The largest absolute Gasteiger partial charge is 0.497 e. The second-order valence-electron chi connectivity index (χ2n) is 10.8. The quantitative estimate of drug-likeness (QED) is 0.216. The maximum atomic E-state index is 14.3. The van der Waals surface area contributed by atoms with Crippen molar-refractivity contribution in [3.63, 3.8) is 0 Å². The van der Waals surface area contributed by atoms with E-state index in [0.717, 1.165) is 33.5 Å². The third kappa shape index (κ3) is 5.37. The van der Waals surface area contributed by atoms with Crippen LogP contribution in [0.1, 0.15) is 36.0 Å². The second-order valence-corrected chi connectivity index (χ2v) is 12.7. The Hall–Kier alpha value is -4.82. The van der Waals surface area contributed by atoms with Gasteiger partial charge in [-0.1, -0.05) is 72.3 Å². The van der Waals surface area contributed by atoms with Crippen molar-refractivity contribution < 1.29 is 22.7 Å². The maximum Gasteiger partial charge on any atom is 0.414 e. The number of amides is 1. The summed E-state index contributed by atoms with van der Waals surface area (Å²) >= 11 is 0. The van der Waals surface area contributed by atoms with Crippen molar-refractivity contribution >= 4 is 33.1 Å². The zero-order chi connectivity index (χ0) is 30.8. The minimum Gasteiger partial charge on any atom is -0.497 e. The van der Waals surface area contributed by atoms with E-state index >= 15 is 0 Å². The smallest absolute Gasteiger partial charge is 0.414 e. The van der Waals surface area contributed by atoms with Crippen LogP contribution in [0.3, 0.4) is 0 Å². The number of rotatable bonds is 7. The number of nitrogens with zero attached hydrogens (tertiary/aromatic N) is 2. The van der Waals surface area contributed by atoms with Crippen LogP contribution >= 0.6 is 0 Å². The highest BCUT2D eigenvalue weighted by atomic mass is 32.2. The average Bonchev–Trinajstić information content (AvgIpc) is 3.36. The summed E-state index contributed by atoms with van der Waals surface area (Å²) in [6, 6.07) is 31.2. The molecule has 0 saturated carbocycles. The minimum atomic E-state index is -3.98. The number of carbonyl (C=O) groups excluding carboxylic acids is 1.